The van der Waals surface area contributed by atoms with Crippen LogP contribution in [0.3, 0.4) is 0 Å². The summed E-state index contributed by atoms with van der Waals surface area (Å²) < 4.78 is 7.88. The van der Waals surface area contributed by atoms with E-state index in [0.29, 0.717) is 24.0 Å². The van der Waals surface area contributed by atoms with E-state index in [1.807, 2.05) is 16.7 Å². The predicted octanol–water partition coefficient (Wildman–Crippen LogP) is 4.33. The summed E-state index contributed by atoms with van der Waals surface area (Å²) in [7, 11) is 1.62. The van der Waals surface area contributed by atoms with Gasteiger partial charge in [-0.3, -0.25) is 14.4 Å². The van der Waals surface area contributed by atoms with E-state index >= 15 is 0 Å². The largest absolute Gasteiger partial charge is 0.494 e. The summed E-state index contributed by atoms with van der Waals surface area (Å²) in [6.45, 7) is 1.43. The Kier molecular flexibility index (Phi) is 4.21. The van der Waals surface area contributed by atoms with Gasteiger partial charge in [0.2, 0.25) is 0 Å². The summed E-state index contributed by atoms with van der Waals surface area (Å²) in [5, 5.41) is 0.515. The van der Waals surface area contributed by atoms with Gasteiger partial charge in [-0.1, -0.05) is 0 Å². The van der Waals surface area contributed by atoms with Crippen LogP contribution in [0, 0.1) is 0 Å². The summed E-state index contributed by atoms with van der Waals surface area (Å²) >= 11 is 1.70. The summed E-state index contributed by atoms with van der Waals surface area (Å²) in [4.78, 5) is 39.1. The molecule has 0 bridgehead atoms. The van der Waals surface area contributed by atoms with E-state index < -0.39 is 0 Å². The number of thiophene rings is 1. The number of benzene rings is 1. The van der Waals surface area contributed by atoms with Crippen LogP contribution in [0.5, 0.6) is 5.75 Å². The minimum Gasteiger partial charge on any atom is -0.494 e. The second-order valence-electron chi connectivity index (χ2n) is 7.88. The maximum Gasteiger partial charge on any atom is 0.200 e. The molecule has 2 aliphatic carbocycles. The van der Waals surface area contributed by atoms with Gasteiger partial charge in [-0.05, 0) is 49.9 Å². The molecule has 0 radical (unpaired) electrons. The summed E-state index contributed by atoms with van der Waals surface area (Å²) in [6.07, 6.45) is 5.65. The molecule has 5 rings (SSSR count). The normalized spacial score (nSPS) is 16.1. The molecule has 2 heterocycles. The second-order valence-corrected chi connectivity index (χ2v) is 9.02. The number of aryl methyl sites for hydroxylation is 1. The number of methoxy groups -OCH3 is 1. The number of rotatable bonds is 4. The van der Waals surface area contributed by atoms with Gasteiger partial charge in [0.15, 0.2) is 17.0 Å². The van der Waals surface area contributed by atoms with Crippen molar-refractivity contribution in [3.63, 3.8) is 0 Å². The summed E-state index contributed by atoms with van der Waals surface area (Å²) in [5.74, 6) is 0.725. The molecule has 3 aromatic rings. The third-order valence-corrected chi connectivity index (χ3v) is 7.12. The molecule has 2 aliphatic rings. The molecule has 2 aromatic heterocycles. The lowest BCUT2D eigenvalue weighted by Gasteiger charge is -2.17. The first kappa shape index (κ1) is 18.3. The van der Waals surface area contributed by atoms with Gasteiger partial charge in [0, 0.05) is 40.4 Å². The third-order valence-electron chi connectivity index (χ3n) is 5.85. The topological polar surface area (TPSA) is 65.4 Å². The van der Waals surface area contributed by atoms with Crippen molar-refractivity contribution in [3.05, 3.63) is 50.6 Å². The van der Waals surface area contributed by atoms with Gasteiger partial charge in [-0.25, -0.2) is 0 Å². The molecule has 29 heavy (non-hydrogen) atoms. The molecule has 1 saturated carbocycles. The van der Waals surface area contributed by atoms with Gasteiger partial charge in [0.05, 0.1) is 23.6 Å². The first-order valence-electron chi connectivity index (χ1n) is 9.88. The zero-order chi connectivity index (χ0) is 20.3. The van der Waals surface area contributed by atoms with E-state index in [2.05, 4.69) is 6.07 Å². The summed E-state index contributed by atoms with van der Waals surface area (Å²) in [5.41, 5.74) is 2.77. The molecule has 0 saturated heterocycles. The van der Waals surface area contributed by atoms with Crippen LogP contribution in [-0.4, -0.2) is 23.2 Å². The first-order chi connectivity index (χ1) is 14.0. The molecule has 1 aromatic carbocycles. The fourth-order valence-corrected chi connectivity index (χ4v) is 5.43. The average molecular weight is 407 g/mol. The zero-order valence-corrected chi connectivity index (χ0v) is 17.2. The number of hydrogen-bond acceptors (Lipinski definition) is 5. The average Bonchev–Trinajstić information content (AvgIpc) is 3.46. The van der Waals surface area contributed by atoms with Crippen molar-refractivity contribution in [1.82, 2.24) is 4.57 Å². The van der Waals surface area contributed by atoms with Crippen molar-refractivity contribution in [2.24, 2.45) is 0 Å². The molecular formula is C23H21NO4S. The van der Waals surface area contributed by atoms with Crippen LogP contribution in [0.25, 0.3) is 21.3 Å². The van der Waals surface area contributed by atoms with Crippen LogP contribution < -0.4 is 10.2 Å². The van der Waals surface area contributed by atoms with Crippen LogP contribution in [0.4, 0.5) is 0 Å². The van der Waals surface area contributed by atoms with E-state index in [1.54, 1.807) is 24.6 Å². The van der Waals surface area contributed by atoms with E-state index in [1.165, 1.54) is 11.8 Å². The van der Waals surface area contributed by atoms with Crippen LogP contribution in [0.2, 0.25) is 0 Å². The van der Waals surface area contributed by atoms with Crippen molar-refractivity contribution in [3.8, 4) is 16.2 Å². The monoisotopic (exact) mass is 407 g/mol. The maximum atomic E-state index is 13.0. The summed E-state index contributed by atoms with van der Waals surface area (Å²) in [6, 6.07) is 6.09. The van der Waals surface area contributed by atoms with Crippen molar-refractivity contribution in [2.45, 2.75) is 45.1 Å². The SMILES string of the molecule is COc1c(-c2cc3c(s2)CCC(=O)C3)ccc2c(=O)c(C(C)=O)cn(C3CC3)c12. The fraction of sp³-hybridized carbons (Fsp3) is 0.348. The number of carbonyl (C=O) groups is 2. The molecule has 0 N–H and O–H groups in total. The molecule has 148 valence electrons. The molecule has 0 amide bonds. The van der Waals surface area contributed by atoms with Crippen LogP contribution >= 0.6 is 11.3 Å². The lowest BCUT2D eigenvalue weighted by Crippen LogP contribution is -2.18. The minimum atomic E-state index is -0.245. The Balaban J connectivity index is 1.78. The lowest BCUT2D eigenvalue weighted by molar-refractivity contribution is -0.118. The van der Waals surface area contributed by atoms with E-state index in [0.717, 1.165) is 40.8 Å². The molecule has 0 spiro atoms. The Labute approximate surface area is 171 Å². The number of hydrogen-bond donors (Lipinski definition) is 0. The van der Waals surface area contributed by atoms with Crippen molar-refractivity contribution in [1.29, 1.82) is 0 Å². The Bertz CT molecular complexity index is 1250. The quantitative estimate of drug-likeness (QED) is 0.604. The van der Waals surface area contributed by atoms with Crippen LogP contribution in [-0.2, 0) is 17.6 Å². The zero-order valence-electron chi connectivity index (χ0n) is 16.4. The fourth-order valence-electron chi connectivity index (χ4n) is 4.22. The van der Waals surface area contributed by atoms with Crippen molar-refractivity contribution < 1.29 is 14.3 Å². The molecule has 0 atom stereocenters. The van der Waals surface area contributed by atoms with Crippen molar-refractivity contribution in [2.75, 3.05) is 7.11 Å². The number of Topliss-reactive ketones (excluding diaryl/α,β-unsaturated/α-hetero) is 2. The molecular weight excluding hydrogens is 386 g/mol. The first-order valence-corrected chi connectivity index (χ1v) is 10.7. The number of carbonyl (C=O) groups excluding carboxylic acids is 2. The van der Waals surface area contributed by atoms with Gasteiger partial charge in [0.25, 0.3) is 0 Å². The number of fused-ring (bicyclic) bond motifs is 2. The number of ether oxygens (including phenoxy) is 1. The highest BCUT2D eigenvalue weighted by Crippen LogP contribution is 2.45. The highest BCUT2D eigenvalue weighted by atomic mass is 32.1. The maximum absolute atomic E-state index is 13.0. The second kappa shape index (κ2) is 6.66. The smallest absolute Gasteiger partial charge is 0.200 e. The highest BCUT2D eigenvalue weighted by molar-refractivity contribution is 7.15. The van der Waals surface area contributed by atoms with Gasteiger partial charge in [-0.2, -0.15) is 0 Å². The third kappa shape index (κ3) is 2.94. The van der Waals surface area contributed by atoms with Gasteiger partial charge < -0.3 is 9.30 Å². The number of ketones is 2. The Hall–Kier alpha value is -2.73. The predicted molar refractivity (Wildman–Crippen MR) is 113 cm³/mol. The number of pyridine rings is 1. The molecule has 1 fully saturated rings. The van der Waals surface area contributed by atoms with Crippen LogP contribution in [0.1, 0.15) is 53.0 Å². The van der Waals surface area contributed by atoms with Crippen molar-refractivity contribution >= 4 is 33.8 Å². The van der Waals surface area contributed by atoms with Gasteiger partial charge in [-0.15, -0.1) is 11.3 Å². The van der Waals surface area contributed by atoms with Gasteiger partial charge in [0.1, 0.15) is 5.78 Å². The standard InChI is InChI=1S/C23H21NO4S/c1-12(25)18-11-24(14-3-4-14)21-17(22(18)27)7-6-16(23(21)28-2)20-10-13-9-15(26)5-8-19(13)29-20/h6-7,10-11,14H,3-5,8-9H2,1-2H3. The molecule has 0 unspecified atom stereocenters. The molecule has 0 aliphatic heterocycles. The van der Waals surface area contributed by atoms with E-state index in [-0.39, 0.29) is 28.6 Å². The lowest BCUT2D eigenvalue weighted by atomic mass is 9.97. The Morgan fingerprint density at radius 1 is 1.21 bits per heavy atom. The minimum absolute atomic E-state index is 0.218. The Morgan fingerprint density at radius 2 is 2.00 bits per heavy atom. The van der Waals surface area contributed by atoms with E-state index in [9.17, 15) is 14.4 Å². The van der Waals surface area contributed by atoms with E-state index in [4.69, 9.17) is 4.74 Å². The van der Waals surface area contributed by atoms with Crippen LogP contribution in [0.15, 0.2) is 29.2 Å². The molecule has 6 heteroatoms. The highest BCUT2D eigenvalue weighted by Gasteiger charge is 2.29. The van der Waals surface area contributed by atoms with Gasteiger partial charge >= 0.3 is 0 Å². The Morgan fingerprint density at radius 3 is 2.69 bits per heavy atom. The number of nitrogens with zero attached hydrogens (tertiary/aromatic N) is 1. The molecule has 5 nitrogen and oxygen atoms in total. The number of aromatic nitrogens is 1.